The summed E-state index contributed by atoms with van der Waals surface area (Å²) in [5.74, 6) is -2.66. The van der Waals surface area contributed by atoms with E-state index in [9.17, 15) is 13.9 Å². The molecule has 0 aromatic carbocycles. The third-order valence-corrected chi connectivity index (χ3v) is 5.24. The van der Waals surface area contributed by atoms with Crippen LogP contribution in [0, 0.1) is 0 Å². The number of aliphatic hydroxyl groups excluding tert-OH is 1. The van der Waals surface area contributed by atoms with Gasteiger partial charge in [-0.15, -0.1) is 0 Å². The van der Waals surface area contributed by atoms with Crippen LogP contribution in [0.3, 0.4) is 0 Å². The fourth-order valence-corrected chi connectivity index (χ4v) is 3.93. The minimum atomic E-state index is -2.66. The zero-order chi connectivity index (χ0) is 17.3. The smallest absolute Gasteiger partial charge is 0.262 e. The SMILES string of the molecule is CC(C)n1cc(CN2CCC(N3CC(F)(F)C[C@H]3CO)CC2)cn1. The maximum atomic E-state index is 13.6. The summed E-state index contributed by atoms with van der Waals surface area (Å²) in [5.41, 5.74) is 1.20. The van der Waals surface area contributed by atoms with Crippen LogP contribution in [0.25, 0.3) is 0 Å². The predicted molar refractivity (Wildman–Crippen MR) is 88.1 cm³/mol. The Hall–Kier alpha value is -1.05. The Morgan fingerprint density at radius 2 is 2.04 bits per heavy atom. The minimum Gasteiger partial charge on any atom is -0.395 e. The number of piperidine rings is 1. The topological polar surface area (TPSA) is 44.5 Å². The highest BCUT2D eigenvalue weighted by atomic mass is 19.3. The molecule has 2 fully saturated rings. The fourth-order valence-electron chi connectivity index (χ4n) is 3.93. The van der Waals surface area contributed by atoms with Gasteiger partial charge in [0.25, 0.3) is 5.92 Å². The lowest BCUT2D eigenvalue weighted by molar-refractivity contribution is 0.00266. The number of aromatic nitrogens is 2. The van der Waals surface area contributed by atoms with E-state index in [0.717, 1.165) is 32.5 Å². The minimum absolute atomic E-state index is 0.158. The maximum Gasteiger partial charge on any atom is 0.262 e. The largest absolute Gasteiger partial charge is 0.395 e. The number of halogens is 2. The van der Waals surface area contributed by atoms with E-state index in [2.05, 4.69) is 30.0 Å². The first-order valence-electron chi connectivity index (χ1n) is 8.88. The van der Waals surface area contributed by atoms with Crippen LogP contribution in [-0.2, 0) is 6.54 Å². The summed E-state index contributed by atoms with van der Waals surface area (Å²) in [4.78, 5) is 4.20. The molecule has 3 rings (SSSR count). The van der Waals surface area contributed by atoms with Crippen molar-refractivity contribution in [1.29, 1.82) is 0 Å². The number of hydrogen-bond acceptors (Lipinski definition) is 4. The molecule has 0 aliphatic carbocycles. The molecule has 2 aliphatic heterocycles. The van der Waals surface area contributed by atoms with E-state index in [1.165, 1.54) is 5.56 Å². The molecule has 2 aliphatic rings. The molecule has 2 saturated heterocycles. The van der Waals surface area contributed by atoms with Crippen molar-refractivity contribution in [2.75, 3.05) is 26.2 Å². The predicted octanol–water partition coefficient (Wildman–Crippen LogP) is 2.13. The molecule has 0 spiro atoms. The van der Waals surface area contributed by atoms with Crippen LogP contribution in [0.1, 0.15) is 44.7 Å². The zero-order valence-corrected chi connectivity index (χ0v) is 14.5. The van der Waals surface area contributed by atoms with Gasteiger partial charge in [0.1, 0.15) is 0 Å². The van der Waals surface area contributed by atoms with Gasteiger partial charge in [-0.3, -0.25) is 14.5 Å². The lowest BCUT2D eigenvalue weighted by atomic mass is 10.0. The van der Waals surface area contributed by atoms with Gasteiger partial charge >= 0.3 is 0 Å². The summed E-state index contributed by atoms with van der Waals surface area (Å²) < 4.78 is 29.3. The number of aliphatic hydroxyl groups is 1. The quantitative estimate of drug-likeness (QED) is 0.890. The second kappa shape index (κ2) is 7.06. The van der Waals surface area contributed by atoms with Crippen molar-refractivity contribution in [3.8, 4) is 0 Å². The molecule has 1 atom stereocenters. The molecular formula is C17H28F2N4O. The Labute approximate surface area is 142 Å². The molecule has 0 saturated carbocycles. The maximum absolute atomic E-state index is 13.6. The molecule has 0 bridgehead atoms. The van der Waals surface area contributed by atoms with Gasteiger partial charge in [0, 0.05) is 42.9 Å². The highest BCUT2D eigenvalue weighted by Gasteiger charge is 2.47. The lowest BCUT2D eigenvalue weighted by Gasteiger charge is -2.38. The van der Waals surface area contributed by atoms with Crippen molar-refractivity contribution >= 4 is 0 Å². The second-order valence-electron chi connectivity index (χ2n) is 7.50. The Balaban J connectivity index is 1.52. The zero-order valence-electron chi connectivity index (χ0n) is 14.5. The highest BCUT2D eigenvalue weighted by molar-refractivity contribution is 5.05. The van der Waals surface area contributed by atoms with Crippen LogP contribution >= 0.6 is 0 Å². The third kappa shape index (κ3) is 3.95. The number of likely N-dealkylation sites (tertiary alicyclic amines) is 2. The van der Waals surface area contributed by atoms with E-state index in [4.69, 9.17) is 0 Å². The second-order valence-corrected chi connectivity index (χ2v) is 7.50. The van der Waals surface area contributed by atoms with Crippen LogP contribution in [0.5, 0.6) is 0 Å². The summed E-state index contributed by atoms with van der Waals surface area (Å²) in [6.45, 7) is 6.49. The molecule has 0 unspecified atom stereocenters. The summed E-state index contributed by atoms with van der Waals surface area (Å²) >= 11 is 0. The van der Waals surface area contributed by atoms with Gasteiger partial charge in [0.05, 0.1) is 19.3 Å². The average Bonchev–Trinajstić information content (AvgIpc) is 3.12. The van der Waals surface area contributed by atoms with Gasteiger partial charge in [0.15, 0.2) is 0 Å². The molecule has 1 aromatic heterocycles. The van der Waals surface area contributed by atoms with Crippen molar-refractivity contribution in [2.45, 2.75) is 63.7 Å². The van der Waals surface area contributed by atoms with Crippen molar-refractivity contribution in [3.63, 3.8) is 0 Å². The Morgan fingerprint density at radius 3 is 2.62 bits per heavy atom. The first-order chi connectivity index (χ1) is 11.4. The number of nitrogens with zero attached hydrogens (tertiary/aromatic N) is 4. The van der Waals surface area contributed by atoms with Crippen LogP contribution in [0.15, 0.2) is 12.4 Å². The monoisotopic (exact) mass is 342 g/mol. The van der Waals surface area contributed by atoms with Gasteiger partial charge in [-0.05, 0) is 39.8 Å². The van der Waals surface area contributed by atoms with E-state index < -0.39 is 5.92 Å². The number of hydrogen-bond donors (Lipinski definition) is 1. The normalized spacial score (nSPS) is 26.5. The molecule has 5 nitrogen and oxygen atoms in total. The lowest BCUT2D eigenvalue weighted by Crippen LogP contribution is -2.47. The molecule has 1 aromatic rings. The van der Waals surface area contributed by atoms with E-state index >= 15 is 0 Å². The summed E-state index contributed by atoms with van der Waals surface area (Å²) in [7, 11) is 0. The molecular weight excluding hydrogens is 314 g/mol. The van der Waals surface area contributed by atoms with Crippen molar-refractivity contribution in [3.05, 3.63) is 18.0 Å². The van der Waals surface area contributed by atoms with Crippen molar-refractivity contribution in [1.82, 2.24) is 19.6 Å². The van der Waals surface area contributed by atoms with Crippen LogP contribution in [0.4, 0.5) is 8.78 Å². The molecule has 7 heteroatoms. The molecule has 136 valence electrons. The van der Waals surface area contributed by atoms with Gasteiger partial charge in [-0.1, -0.05) is 0 Å². The van der Waals surface area contributed by atoms with E-state index in [1.54, 1.807) is 0 Å². The Kier molecular flexibility index (Phi) is 5.22. The number of rotatable bonds is 5. The van der Waals surface area contributed by atoms with Crippen LogP contribution in [-0.4, -0.2) is 68.9 Å². The Bertz CT molecular complexity index is 540. The third-order valence-electron chi connectivity index (χ3n) is 5.24. The van der Waals surface area contributed by atoms with Gasteiger partial charge in [-0.25, -0.2) is 8.78 Å². The van der Waals surface area contributed by atoms with Crippen LogP contribution in [0.2, 0.25) is 0 Å². The fraction of sp³-hybridized carbons (Fsp3) is 0.824. The highest BCUT2D eigenvalue weighted by Crippen LogP contribution is 2.35. The first kappa shape index (κ1) is 17.8. The van der Waals surface area contributed by atoms with Crippen molar-refractivity contribution in [2.24, 2.45) is 0 Å². The first-order valence-corrected chi connectivity index (χ1v) is 8.88. The summed E-state index contributed by atoms with van der Waals surface area (Å²) in [6.07, 6.45) is 5.54. The van der Waals surface area contributed by atoms with E-state index in [-0.39, 0.29) is 31.7 Å². The Morgan fingerprint density at radius 1 is 1.33 bits per heavy atom. The van der Waals surface area contributed by atoms with E-state index in [1.807, 2.05) is 15.8 Å². The van der Waals surface area contributed by atoms with E-state index in [0.29, 0.717) is 6.04 Å². The van der Waals surface area contributed by atoms with Crippen LogP contribution < -0.4 is 0 Å². The number of alkyl halides is 2. The average molecular weight is 342 g/mol. The molecule has 3 heterocycles. The summed E-state index contributed by atoms with van der Waals surface area (Å²) in [6, 6.07) is 0.128. The van der Waals surface area contributed by atoms with Gasteiger partial charge in [-0.2, -0.15) is 5.10 Å². The molecule has 0 radical (unpaired) electrons. The van der Waals surface area contributed by atoms with Gasteiger partial charge in [0.2, 0.25) is 0 Å². The van der Waals surface area contributed by atoms with Crippen molar-refractivity contribution < 1.29 is 13.9 Å². The molecule has 0 amide bonds. The standard InChI is InChI=1S/C17H28F2N4O/c1-13(2)23-10-14(8-20-23)9-21-5-3-15(4-6-21)22-12-17(18,19)7-16(22)11-24/h8,10,13,15-16,24H,3-7,9,11-12H2,1-2H3/t16-/m0/s1. The van der Waals surface area contributed by atoms with Gasteiger partial charge < -0.3 is 5.11 Å². The summed E-state index contributed by atoms with van der Waals surface area (Å²) in [5, 5.41) is 13.8. The molecule has 24 heavy (non-hydrogen) atoms. The molecule has 1 N–H and O–H groups in total.